The fourth-order valence-corrected chi connectivity index (χ4v) is 1.20. The normalized spacial score (nSPS) is 10.0. The van der Waals surface area contributed by atoms with Crippen molar-refractivity contribution in [3.05, 3.63) is 23.0 Å². The number of hydrogen-bond donors (Lipinski definition) is 1. The number of halogens is 1. The van der Waals surface area contributed by atoms with E-state index < -0.39 is 0 Å². The number of nitriles is 1. The quantitative estimate of drug-likeness (QED) is 0.665. The molecule has 2 aromatic rings. The number of aromatic nitrogens is 3. The molecule has 12 heavy (non-hydrogen) atoms. The predicted octanol–water partition coefficient (Wildman–Crippen LogP) is 1.48. The summed E-state index contributed by atoms with van der Waals surface area (Å²) in [4.78, 5) is 2.84. The molecule has 0 saturated carbocycles. The molecule has 4 nitrogen and oxygen atoms in total. The SMILES string of the molecule is N#Cc1nnc2[nH]ccc2c1Cl. The van der Waals surface area contributed by atoms with E-state index in [4.69, 9.17) is 16.9 Å². The molecule has 0 amide bonds. The Morgan fingerprint density at radius 1 is 1.50 bits per heavy atom. The molecule has 0 saturated heterocycles. The molecule has 0 unspecified atom stereocenters. The lowest BCUT2D eigenvalue weighted by Crippen LogP contribution is -1.89. The molecule has 0 fully saturated rings. The van der Waals surface area contributed by atoms with Crippen molar-refractivity contribution >= 4 is 22.6 Å². The topological polar surface area (TPSA) is 65.4 Å². The molecule has 0 aliphatic carbocycles. The number of hydrogen-bond acceptors (Lipinski definition) is 3. The van der Waals surface area contributed by atoms with Gasteiger partial charge in [0.15, 0.2) is 11.3 Å². The van der Waals surface area contributed by atoms with E-state index in [2.05, 4.69) is 15.2 Å². The Bertz CT molecular complexity index is 468. The van der Waals surface area contributed by atoms with Crippen LogP contribution in [-0.2, 0) is 0 Å². The number of nitrogens with one attached hydrogen (secondary N) is 1. The van der Waals surface area contributed by atoms with E-state index in [1.54, 1.807) is 12.3 Å². The molecule has 0 spiro atoms. The van der Waals surface area contributed by atoms with Crippen molar-refractivity contribution in [1.82, 2.24) is 15.2 Å². The monoisotopic (exact) mass is 178 g/mol. The molecule has 58 valence electrons. The Hall–Kier alpha value is -1.60. The highest BCUT2D eigenvalue weighted by Crippen LogP contribution is 2.22. The second-order valence-corrected chi connectivity index (χ2v) is 2.59. The van der Waals surface area contributed by atoms with E-state index >= 15 is 0 Å². The maximum atomic E-state index is 8.57. The van der Waals surface area contributed by atoms with Gasteiger partial charge in [0, 0.05) is 11.6 Å². The van der Waals surface area contributed by atoms with Crippen LogP contribution in [-0.4, -0.2) is 15.2 Å². The first-order valence-electron chi connectivity index (χ1n) is 3.22. The van der Waals surface area contributed by atoms with E-state index in [1.165, 1.54) is 0 Å². The summed E-state index contributed by atoms with van der Waals surface area (Å²) in [5.74, 6) is 0. The Balaban J connectivity index is 2.89. The molecule has 0 atom stereocenters. The van der Waals surface area contributed by atoms with E-state index in [0.29, 0.717) is 10.7 Å². The molecular weight excluding hydrogens is 176 g/mol. The van der Waals surface area contributed by atoms with Gasteiger partial charge in [0.2, 0.25) is 0 Å². The molecule has 2 rings (SSSR count). The van der Waals surface area contributed by atoms with E-state index in [1.807, 2.05) is 6.07 Å². The molecule has 5 heteroatoms. The third kappa shape index (κ3) is 0.840. The molecule has 0 radical (unpaired) electrons. The summed E-state index contributed by atoms with van der Waals surface area (Å²) in [6, 6.07) is 3.61. The van der Waals surface area contributed by atoms with Gasteiger partial charge in [-0.3, -0.25) is 0 Å². The average molecular weight is 179 g/mol. The first-order valence-corrected chi connectivity index (χ1v) is 3.60. The van der Waals surface area contributed by atoms with Crippen molar-refractivity contribution in [3.8, 4) is 6.07 Å². The van der Waals surface area contributed by atoms with E-state index in [9.17, 15) is 0 Å². The van der Waals surface area contributed by atoms with Crippen LogP contribution in [0.25, 0.3) is 11.0 Å². The van der Waals surface area contributed by atoms with E-state index in [-0.39, 0.29) is 5.69 Å². The van der Waals surface area contributed by atoms with E-state index in [0.717, 1.165) is 5.39 Å². The summed E-state index contributed by atoms with van der Waals surface area (Å²) in [6.45, 7) is 0. The summed E-state index contributed by atoms with van der Waals surface area (Å²) >= 11 is 5.84. The Kier molecular flexibility index (Phi) is 1.45. The van der Waals surface area contributed by atoms with Crippen molar-refractivity contribution in [1.29, 1.82) is 5.26 Å². The Labute approximate surface area is 72.8 Å². The number of aromatic amines is 1. The minimum atomic E-state index is 0.156. The van der Waals surface area contributed by atoms with Crippen LogP contribution in [0.3, 0.4) is 0 Å². The maximum absolute atomic E-state index is 8.57. The Morgan fingerprint density at radius 3 is 3.08 bits per heavy atom. The largest absolute Gasteiger partial charge is 0.345 e. The standard InChI is InChI=1S/C7H3ClN4/c8-6-4-1-2-10-7(4)12-11-5(6)3-9/h1-2H,(H,10,12). The minimum Gasteiger partial charge on any atom is -0.345 e. The predicted molar refractivity (Wildman–Crippen MR) is 43.6 cm³/mol. The van der Waals surface area contributed by atoms with Gasteiger partial charge in [0.25, 0.3) is 0 Å². The molecule has 0 aliphatic rings. The van der Waals surface area contributed by atoms with Crippen LogP contribution in [0.2, 0.25) is 5.02 Å². The van der Waals surface area contributed by atoms with Gasteiger partial charge in [-0.05, 0) is 6.07 Å². The molecule has 0 aromatic carbocycles. The first-order chi connectivity index (χ1) is 5.83. The van der Waals surface area contributed by atoms with Gasteiger partial charge < -0.3 is 4.98 Å². The van der Waals surface area contributed by atoms with Crippen LogP contribution in [0.5, 0.6) is 0 Å². The van der Waals surface area contributed by atoms with Gasteiger partial charge in [-0.2, -0.15) is 5.26 Å². The highest BCUT2D eigenvalue weighted by molar-refractivity contribution is 6.36. The third-order valence-electron chi connectivity index (χ3n) is 1.53. The number of H-pyrrole nitrogens is 1. The maximum Gasteiger partial charge on any atom is 0.182 e. The molecule has 0 bridgehead atoms. The third-order valence-corrected chi connectivity index (χ3v) is 1.91. The Morgan fingerprint density at radius 2 is 2.33 bits per heavy atom. The summed E-state index contributed by atoms with van der Waals surface area (Å²) in [7, 11) is 0. The number of nitrogens with zero attached hydrogens (tertiary/aromatic N) is 3. The van der Waals surface area contributed by atoms with Crippen molar-refractivity contribution < 1.29 is 0 Å². The summed E-state index contributed by atoms with van der Waals surface area (Å²) in [5.41, 5.74) is 0.753. The summed E-state index contributed by atoms with van der Waals surface area (Å²) < 4.78 is 0. The van der Waals surface area contributed by atoms with Crippen LogP contribution in [0.15, 0.2) is 12.3 Å². The summed E-state index contributed by atoms with van der Waals surface area (Å²) in [6.07, 6.45) is 1.70. The smallest absolute Gasteiger partial charge is 0.182 e. The fourth-order valence-electron chi connectivity index (χ4n) is 0.963. The van der Waals surface area contributed by atoms with Gasteiger partial charge in [-0.25, -0.2) is 0 Å². The van der Waals surface area contributed by atoms with Crippen molar-refractivity contribution in [3.63, 3.8) is 0 Å². The lowest BCUT2D eigenvalue weighted by atomic mass is 10.3. The van der Waals surface area contributed by atoms with Crippen LogP contribution in [0, 0.1) is 11.3 Å². The molecule has 1 N–H and O–H groups in total. The van der Waals surface area contributed by atoms with Gasteiger partial charge in [0.1, 0.15) is 6.07 Å². The number of rotatable bonds is 0. The highest BCUT2D eigenvalue weighted by atomic mass is 35.5. The lowest BCUT2D eigenvalue weighted by molar-refractivity contribution is 1.04. The average Bonchev–Trinajstić information content (AvgIpc) is 2.53. The van der Waals surface area contributed by atoms with Crippen LogP contribution in [0.1, 0.15) is 5.69 Å². The zero-order valence-electron chi connectivity index (χ0n) is 5.87. The van der Waals surface area contributed by atoms with Gasteiger partial charge in [0.05, 0.1) is 5.02 Å². The molecule has 2 aromatic heterocycles. The van der Waals surface area contributed by atoms with Crippen molar-refractivity contribution in [2.45, 2.75) is 0 Å². The molecule has 0 aliphatic heterocycles. The van der Waals surface area contributed by atoms with Gasteiger partial charge in [-0.1, -0.05) is 11.6 Å². The first kappa shape index (κ1) is 7.07. The molecule has 2 heterocycles. The van der Waals surface area contributed by atoms with Crippen LogP contribution >= 0.6 is 11.6 Å². The lowest BCUT2D eigenvalue weighted by Gasteiger charge is -1.92. The second-order valence-electron chi connectivity index (χ2n) is 2.21. The fraction of sp³-hybridized carbons (Fsp3) is 0. The summed E-state index contributed by atoms with van der Waals surface area (Å²) in [5, 5.41) is 17.0. The van der Waals surface area contributed by atoms with Crippen molar-refractivity contribution in [2.24, 2.45) is 0 Å². The zero-order chi connectivity index (χ0) is 8.55. The van der Waals surface area contributed by atoms with Crippen LogP contribution in [0.4, 0.5) is 0 Å². The highest BCUT2D eigenvalue weighted by Gasteiger charge is 2.07. The van der Waals surface area contributed by atoms with Gasteiger partial charge >= 0.3 is 0 Å². The number of fused-ring (bicyclic) bond motifs is 1. The minimum absolute atomic E-state index is 0.156. The van der Waals surface area contributed by atoms with Gasteiger partial charge in [-0.15, -0.1) is 10.2 Å². The molecular formula is C7H3ClN4. The zero-order valence-corrected chi connectivity index (χ0v) is 6.63. The second kappa shape index (κ2) is 2.47. The van der Waals surface area contributed by atoms with Crippen LogP contribution < -0.4 is 0 Å². The van der Waals surface area contributed by atoms with Crippen molar-refractivity contribution in [2.75, 3.05) is 0 Å².